The second-order valence-electron chi connectivity index (χ2n) is 6.61. The predicted octanol–water partition coefficient (Wildman–Crippen LogP) is 3.14. The number of amides is 1. The number of aromatic amines is 1. The molecule has 1 amide bonds. The molecule has 1 N–H and O–H groups in total. The lowest BCUT2D eigenvalue weighted by Gasteiger charge is -2.25. The number of ether oxygens (including phenoxy) is 1. The summed E-state index contributed by atoms with van der Waals surface area (Å²) in [5.41, 5.74) is 2.71. The lowest BCUT2D eigenvalue weighted by Crippen LogP contribution is -2.34. The van der Waals surface area contributed by atoms with Gasteiger partial charge in [0.25, 0.3) is 5.91 Å². The fourth-order valence-corrected chi connectivity index (χ4v) is 3.51. The van der Waals surface area contributed by atoms with Gasteiger partial charge in [0, 0.05) is 38.5 Å². The van der Waals surface area contributed by atoms with Crippen molar-refractivity contribution in [1.29, 1.82) is 0 Å². The zero-order chi connectivity index (χ0) is 17.5. The highest BCUT2D eigenvalue weighted by Crippen LogP contribution is 2.33. The molecule has 1 aliphatic carbocycles. The van der Waals surface area contributed by atoms with Gasteiger partial charge in [0.15, 0.2) is 0 Å². The lowest BCUT2D eigenvalue weighted by molar-refractivity contribution is 0.0678. The highest BCUT2D eigenvalue weighted by atomic mass is 16.5. The highest BCUT2D eigenvalue weighted by molar-refractivity contribution is 5.95. The van der Waals surface area contributed by atoms with Gasteiger partial charge in [0.2, 0.25) is 0 Å². The summed E-state index contributed by atoms with van der Waals surface area (Å²) in [6.07, 6.45) is 11.2. The van der Waals surface area contributed by atoms with E-state index in [0.29, 0.717) is 31.2 Å². The molecule has 6 heteroatoms. The van der Waals surface area contributed by atoms with Gasteiger partial charge in [-0.15, -0.1) is 0 Å². The average Bonchev–Trinajstić information content (AvgIpc) is 3.16. The third-order valence-corrected chi connectivity index (χ3v) is 4.86. The van der Waals surface area contributed by atoms with Crippen molar-refractivity contribution >= 4 is 5.91 Å². The number of methoxy groups -OCH3 is 1. The molecule has 2 heterocycles. The number of nitrogens with zero attached hydrogens (tertiary/aromatic N) is 3. The number of pyridine rings is 1. The Labute approximate surface area is 148 Å². The topological polar surface area (TPSA) is 71.1 Å². The fraction of sp³-hybridized carbons (Fsp3) is 0.526. The summed E-state index contributed by atoms with van der Waals surface area (Å²) in [6, 6.07) is 3.87. The lowest BCUT2D eigenvalue weighted by atomic mass is 9.85. The van der Waals surface area contributed by atoms with Gasteiger partial charge < -0.3 is 9.64 Å². The second kappa shape index (κ2) is 8.76. The van der Waals surface area contributed by atoms with Crippen LogP contribution < -0.4 is 0 Å². The number of carbonyl (C=O) groups excluding carboxylic acids is 1. The number of hydrogen-bond acceptors (Lipinski definition) is 4. The second-order valence-corrected chi connectivity index (χ2v) is 6.61. The monoisotopic (exact) mass is 342 g/mol. The summed E-state index contributed by atoms with van der Waals surface area (Å²) in [7, 11) is 1.65. The Kier molecular flexibility index (Phi) is 6.17. The standard InChI is InChI=1S/C19H26N4O2/c1-25-11-10-23(14-15-6-5-9-20-12-15)19(24)17-13-21-22-18(17)16-7-3-2-4-8-16/h5-6,9,12-13,16H,2-4,7-8,10-11,14H2,1H3,(H,21,22). The molecule has 3 rings (SSSR count). The zero-order valence-corrected chi connectivity index (χ0v) is 14.8. The Hall–Kier alpha value is -2.21. The van der Waals surface area contributed by atoms with Gasteiger partial charge in [-0.1, -0.05) is 25.3 Å². The molecule has 2 aromatic rings. The van der Waals surface area contributed by atoms with Crippen LogP contribution in [0.15, 0.2) is 30.7 Å². The van der Waals surface area contributed by atoms with Crippen molar-refractivity contribution in [3.05, 3.63) is 47.5 Å². The van der Waals surface area contributed by atoms with Crippen LogP contribution in [0.4, 0.5) is 0 Å². The molecule has 0 aliphatic heterocycles. The van der Waals surface area contributed by atoms with Crippen LogP contribution >= 0.6 is 0 Å². The zero-order valence-electron chi connectivity index (χ0n) is 14.8. The molecule has 0 spiro atoms. The van der Waals surface area contributed by atoms with Gasteiger partial charge in [-0.3, -0.25) is 14.9 Å². The average molecular weight is 342 g/mol. The number of nitrogens with one attached hydrogen (secondary N) is 1. The first-order valence-electron chi connectivity index (χ1n) is 9.00. The van der Waals surface area contributed by atoms with E-state index in [-0.39, 0.29) is 5.91 Å². The van der Waals surface area contributed by atoms with E-state index in [1.165, 1.54) is 19.3 Å². The van der Waals surface area contributed by atoms with Crippen molar-refractivity contribution in [2.45, 2.75) is 44.6 Å². The summed E-state index contributed by atoms with van der Waals surface area (Å²) in [5, 5.41) is 7.26. The van der Waals surface area contributed by atoms with Crippen molar-refractivity contribution in [2.75, 3.05) is 20.3 Å². The summed E-state index contributed by atoms with van der Waals surface area (Å²) in [4.78, 5) is 19.1. The highest BCUT2D eigenvalue weighted by Gasteiger charge is 2.26. The summed E-state index contributed by atoms with van der Waals surface area (Å²) < 4.78 is 5.19. The molecule has 0 bridgehead atoms. The molecule has 0 aromatic carbocycles. The molecule has 6 nitrogen and oxygen atoms in total. The van der Waals surface area contributed by atoms with E-state index in [9.17, 15) is 4.79 Å². The minimum atomic E-state index is 0.00947. The van der Waals surface area contributed by atoms with Gasteiger partial charge in [-0.05, 0) is 24.5 Å². The molecule has 1 saturated carbocycles. The van der Waals surface area contributed by atoms with Crippen LogP contribution in [0.25, 0.3) is 0 Å². The molecule has 25 heavy (non-hydrogen) atoms. The maximum absolute atomic E-state index is 13.2. The fourth-order valence-electron chi connectivity index (χ4n) is 3.51. The minimum absolute atomic E-state index is 0.00947. The Morgan fingerprint density at radius 1 is 1.32 bits per heavy atom. The Morgan fingerprint density at radius 2 is 2.16 bits per heavy atom. The van der Waals surface area contributed by atoms with E-state index in [1.54, 1.807) is 25.7 Å². The molecule has 2 aromatic heterocycles. The van der Waals surface area contributed by atoms with E-state index >= 15 is 0 Å². The van der Waals surface area contributed by atoms with Gasteiger partial charge in [-0.2, -0.15) is 5.10 Å². The number of carbonyl (C=O) groups is 1. The number of H-pyrrole nitrogens is 1. The Morgan fingerprint density at radius 3 is 2.88 bits per heavy atom. The quantitative estimate of drug-likeness (QED) is 0.839. The van der Waals surface area contributed by atoms with Gasteiger partial charge in [0.05, 0.1) is 24.1 Å². The molecule has 134 valence electrons. The normalized spacial score (nSPS) is 15.2. The smallest absolute Gasteiger partial charge is 0.257 e. The third kappa shape index (κ3) is 4.45. The van der Waals surface area contributed by atoms with Crippen molar-refractivity contribution in [2.24, 2.45) is 0 Å². The van der Waals surface area contributed by atoms with Crippen molar-refractivity contribution in [1.82, 2.24) is 20.1 Å². The first kappa shape index (κ1) is 17.6. The molecule has 0 atom stereocenters. The molecular weight excluding hydrogens is 316 g/mol. The number of aromatic nitrogens is 3. The maximum Gasteiger partial charge on any atom is 0.257 e. The first-order chi connectivity index (χ1) is 12.3. The maximum atomic E-state index is 13.2. The third-order valence-electron chi connectivity index (χ3n) is 4.86. The number of rotatable bonds is 7. The van der Waals surface area contributed by atoms with Gasteiger partial charge in [-0.25, -0.2) is 0 Å². The van der Waals surface area contributed by atoms with Crippen LogP contribution in [0.1, 0.15) is 59.6 Å². The number of hydrogen-bond donors (Lipinski definition) is 1. The molecule has 0 unspecified atom stereocenters. The summed E-state index contributed by atoms with van der Waals surface area (Å²) in [6.45, 7) is 1.56. The molecule has 0 saturated heterocycles. The Bertz CT molecular complexity index is 665. The van der Waals surface area contributed by atoms with Crippen LogP contribution in [0.3, 0.4) is 0 Å². The van der Waals surface area contributed by atoms with E-state index in [4.69, 9.17) is 4.74 Å². The predicted molar refractivity (Wildman–Crippen MR) is 95.3 cm³/mol. The van der Waals surface area contributed by atoms with Crippen molar-refractivity contribution in [3.8, 4) is 0 Å². The van der Waals surface area contributed by atoms with E-state index in [2.05, 4.69) is 15.2 Å². The Balaban J connectivity index is 1.78. The van der Waals surface area contributed by atoms with Crippen molar-refractivity contribution < 1.29 is 9.53 Å². The van der Waals surface area contributed by atoms with Crippen LogP contribution in [-0.4, -0.2) is 46.2 Å². The van der Waals surface area contributed by atoms with Crippen LogP contribution in [0.2, 0.25) is 0 Å². The van der Waals surface area contributed by atoms with Gasteiger partial charge in [0.1, 0.15) is 0 Å². The van der Waals surface area contributed by atoms with Gasteiger partial charge >= 0.3 is 0 Å². The molecule has 0 radical (unpaired) electrons. The summed E-state index contributed by atoms with van der Waals surface area (Å²) >= 11 is 0. The van der Waals surface area contributed by atoms with Crippen molar-refractivity contribution in [3.63, 3.8) is 0 Å². The van der Waals surface area contributed by atoms with E-state index in [1.807, 2.05) is 17.0 Å². The largest absolute Gasteiger partial charge is 0.383 e. The first-order valence-corrected chi connectivity index (χ1v) is 9.00. The SMILES string of the molecule is COCCN(Cc1cccnc1)C(=O)c1cn[nH]c1C1CCCCC1. The minimum Gasteiger partial charge on any atom is -0.383 e. The van der Waals surface area contributed by atoms with Crippen LogP contribution in [-0.2, 0) is 11.3 Å². The van der Waals surface area contributed by atoms with Crippen LogP contribution in [0.5, 0.6) is 0 Å². The summed E-state index contributed by atoms with van der Waals surface area (Å²) in [5.74, 6) is 0.424. The van der Waals surface area contributed by atoms with E-state index < -0.39 is 0 Å². The molecular formula is C19H26N4O2. The van der Waals surface area contributed by atoms with Crippen LogP contribution in [0, 0.1) is 0 Å². The molecule has 1 aliphatic rings. The molecule has 1 fully saturated rings. The van der Waals surface area contributed by atoms with E-state index in [0.717, 1.165) is 24.1 Å².